The molecule has 0 fully saturated rings. The van der Waals surface area contributed by atoms with Crippen LogP contribution in [-0.4, -0.2) is 0 Å². The molecular weight excluding hydrogens is 165 g/mol. The Hall–Kier alpha value is -1.31. The third-order valence-corrected chi connectivity index (χ3v) is 1.79. The molecule has 0 heterocycles. The molecule has 0 aliphatic heterocycles. The van der Waals surface area contributed by atoms with Crippen LogP contribution < -0.4 is 5.73 Å². The van der Waals surface area contributed by atoms with Gasteiger partial charge in [0.2, 0.25) is 0 Å². The molecule has 13 heavy (non-hydrogen) atoms. The molecule has 0 bridgehead atoms. The number of allylic oxidation sites excluding steroid dienone is 2. The van der Waals surface area contributed by atoms with Crippen molar-refractivity contribution in [1.82, 2.24) is 0 Å². The van der Waals surface area contributed by atoms with Crippen LogP contribution in [0.5, 0.6) is 0 Å². The summed E-state index contributed by atoms with van der Waals surface area (Å²) < 4.78 is 12.5. The molecule has 0 aliphatic carbocycles. The third kappa shape index (κ3) is 3.28. The summed E-state index contributed by atoms with van der Waals surface area (Å²) in [7, 11) is 0. The lowest BCUT2D eigenvalue weighted by Gasteiger charge is -2.01. The minimum Gasteiger partial charge on any atom is -0.402 e. The highest BCUT2D eigenvalue weighted by Crippen LogP contribution is 2.06. The number of halogens is 1. The summed E-state index contributed by atoms with van der Waals surface area (Å²) in [6, 6.07) is 6.42. The van der Waals surface area contributed by atoms with Crippen LogP contribution >= 0.6 is 0 Å². The zero-order chi connectivity index (χ0) is 9.68. The lowest BCUT2D eigenvalue weighted by molar-refractivity contribution is 0.627. The summed E-state index contributed by atoms with van der Waals surface area (Å²) in [5.41, 5.74) is 7.61. The van der Waals surface area contributed by atoms with E-state index in [0.717, 1.165) is 17.7 Å². The summed E-state index contributed by atoms with van der Waals surface area (Å²) in [6.07, 6.45) is 3.62. The van der Waals surface area contributed by atoms with Crippen molar-refractivity contribution in [2.75, 3.05) is 0 Å². The highest BCUT2D eigenvalue weighted by atomic mass is 19.1. The first-order chi connectivity index (χ1) is 6.22. The van der Waals surface area contributed by atoms with Crippen molar-refractivity contribution in [3.05, 3.63) is 47.4 Å². The molecule has 1 aromatic rings. The van der Waals surface area contributed by atoms with Crippen molar-refractivity contribution in [3.63, 3.8) is 0 Å². The Bertz CT molecular complexity index is 287. The van der Waals surface area contributed by atoms with Gasteiger partial charge in [0.25, 0.3) is 0 Å². The second kappa shape index (κ2) is 4.65. The van der Waals surface area contributed by atoms with Gasteiger partial charge in [0, 0.05) is 12.1 Å². The lowest BCUT2D eigenvalue weighted by Crippen LogP contribution is -2.00. The number of rotatable bonds is 3. The summed E-state index contributed by atoms with van der Waals surface area (Å²) in [4.78, 5) is 0. The van der Waals surface area contributed by atoms with Crippen LogP contribution in [0.15, 0.2) is 36.0 Å². The van der Waals surface area contributed by atoms with Crippen molar-refractivity contribution >= 4 is 0 Å². The van der Waals surface area contributed by atoms with Crippen molar-refractivity contribution in [3.8, 4) is 0 Å². The minimum absolute atomic E-state index is 0.207. The van der Waals surface area contributed by atoms with Crippen LogP contribution in [0.2, 0.25) is 0 Å². The zero-order valence-corrected chi connectivity index (χ0v) is 7.76. The Morgan fingerprint density at radius 3 is 2.54 bits per heavy atom. The molecular formula is C11H14FN. The second-order valence-electron chi connectivity index (χ2n) is 2.99. The van der Waals surface area contributed by atoms with Crippen molar-refractivity contribution < 1.29 is 4.39 Å². The van der Waals surface area contributed by atoms with Gasteiger partial charge in [-0.1, -0.05) is 25.1 Å². The van der Waals surface area contributed by atoms with Gasteiger partial charge in [-0.3, -0.25) is 0 Å². The van der Waals surface area contributed by atoms with E-state index < -0.39 is 0 Å². The van der Waals surface area contributed by atoms with Gasteiger partial charge in [-0.05, 0) is 24.1 Å². The first kappa shape index (κ1) is 9.78. The quantitative estimate of drug-likeness (QED) is 0.758. The Kier molecular flexibility index (Phi) is 3.50. The smallest absolute Gasteiger partial charge is 0.123 e. The van der Waals surface area contributed by atoms with E-state index in [-0.39, 0.29) is 5.82 Å². The van der Waals surface area contributed by atoms with E-state index in [9.17, 15) is 4.39 Å². The molecule has 0 spiro atoms. The average Bonchev–Trinajstić information content (AvgIpc) is 2.09. The summed E-state index contributed by atoms with van der Waals surface area (Å²) in [5, 5.41) is 0. The average molecular weight is 179 g/mol. The van der Waals surface area contributed by atoms with Gasteiger partial charge >= 0.3 is 0 Å². The first-order valence-corrected chi connectivity index (χ1v) is 4.41. The van der Waals surface area contributed by atoms with Crippen LogP contribution in [0.4, 0.5) is 4.39 Å². The molecule has 0 unspecified atom stereocenters. The van der Waals surface area contributed by atoms with Crippen molar-refractivity contribution in [1.29, 1.82) is 0 Å². The largest absolute Gasteiger partial charge is 0.402 e. The van der Waals surface area contributed by atoms with E-state index in [1.807, 2.05) is 13.0 Å². The molecule has 1 rings (SSSR count). The maximum absolute atomic E-state index is 12.5. The fraction of sp³-hybridized carbons (Fsp3) is 0.273. The van der Waals surface area contributed by atoms with Crippen LogP contribution in [-0.2, 0) is 6.42 Å². The van der Waals surface area contributed by atoms with Gasteiger partial charge in [0.15, 0.2) is 0 Å². The molecule has 0 saturated carbocycles. The van der Waals surface area contributed by atoms with E-state index in [4.69, 9.17) is 5.73 Å². The van der Waals surface area contributed by atoms with Crippen LogP contribution in [0, 0.1) is 5.82 Å². The Labute approximate surface area is 78.1 Å². The SMILES string of the molecule is CC/C=C(\N)Cc1ccc(F)cc1. The maximum atomic E-state index is 12.5. The predicted octanol–water partition coefficient (Wildman–Crippen LogP) is 2.62. The van der Waals surface area contributed by atoms with E-state index in [0.29, 0.717) is 6.42 Å². The first-order valence-electron chi connectivity index (χ1n) is 4.41. The number of nitrogens with two attached hydrogens (primary N) is 1. The number of benzene rings is 1. The molecule has 1 nitrogen and oxygen atoms in total. The molecule has 0 atom stereocenters. The highest BCUT2D eigenvalue weighted by molar-refractivity contribution is 5.21. The standard InChI is InChI=1S/C11H14FN/c1-2-3-11(13)8-9-4-6-10(12)7-5-9/h3-7H,2,8,13H2,1H3/b11-3-. The van der Waals surface area contributed by atoms with E-state index in [2.05, 4.69) is 0 Å². The van der Waals surface area contributed by atoms with Gasteiger partial charge in [-0.15, -0.1) is 0 Å². The van der Waals surface area contributed by atoms with Crippen molar-refractivity contribution in [2.24, 2.45) is 5.73 Å². The van der Waals surface area contributed by atoms with E-state index in [1.54, 1.807) is 12.1 Å². The van der Waals surface area contributed by atoms with Crippen LogP contribution in [0.25, 0.3) is 0 Å². The summed E-state index contributed by atoms with van der Waals surface area (Å²) >= 11 is 0. The van der Waals surface area contributed by atoms with Gasteiger partial charge in [0.05, 0.1) is 0 Å². The fourth-order valence-electron chi connectivity index (χ4n) is 1.17. The molecule has 0 radical (unpaired) electrons. The molecule has 0 aliphatic rings. The van der Waals surface area contributed by atoms with Crippen LogP contribution in [0.1, 0.15) is 18.9 Å². The topological polar surface area (TPSA) is 26.0 Å². The summed E-state index contributed by atoms with van der Waals surface area (Å²) in [6.45, 7) is 2.04. The van der Waals surface area contributed by atoms with Gasteiger partial charge in [0.1, 0.15) is 5.82 Å². The third-order valence-electron chi connectivity index (χ3n) is 1.79. The molecule has 0 amide bonds. The number of hydrogen-bond donors (Lipinski definition) is 1. The molecule has 0 aromatic heterocycles. The summed E-state index contributed by atoms with van der Waals surface area (Å²) in [5.74, 6) is -0.207. The highest BCUT2D eigenvalue weighted by Gasteiger charge is 1.95. The molecule has 1 aromatic carbocycles. The maximum Gasteiger partial charge on any atom is 0.123 e. The van der Waals surface area contributed by atoms with Crippen molar-refractivity contribution in [2.45, 2.75) is 19.8 Å². The predicted molar refractivity (Wildman–Crippen MR) is 52.7 cm³/mol. The Morgan fingerprint density at radius 1 is 1.38 bits per heavy atom. The Morgan fingerprint density at radius 2 is 2.00 bits per heavy atom. The normalized spacial score (nSPS) is 11.7. The molecule has 2 heteroatoms. The second-order valence-corrected chi connectivity index (χ2v) is 2.99. The van der Waals surface area contributed by atoms with Gasteiger partial charge < -0.3 is 5.73 Å². The van der Waals surface area contributed by atoms with Gasteiger partial charge in [-0.2, -0.15) is 0 Å². The molecule has 2 N–H and O–H groups in total. The molecule has 70 valence electrons. The number of hydrogen-bond acceptors (Lipinski definition) is 1. The van der Waals surface area contributed by atoms with E-state index in [1.165, 1.54) is 12.1 Å². The van der Waals surface area contributed by atoms with Crippen LogP contribution in [0.3, 0.4) is 0 Å². The lowest BCUT2D eigenvalue weighted by atomic mass is 10.1. The Balaban J connectivity index is 2.64. The van der Waals surface area contributed by atoms with Gasteiger partial charge in [-0.25, -0.2) is 4.39 Å². The monoisotopic (exact) mass is 179 g/mol. The molecule has 0 saturated heterocycles. The fourth-order valence-corrected chi connectivity index (χ4v) is 1.17. The van der Waals surface area contributed by atoms with E-state index >= 15 is 0 Å². The zero-order valence-electron chi connectivity index (χ0n) is 7.76. The minimum atomic E-state index is -0.207.